The quantitative estimate of drug-likeness (QED) is 0.0345. The van der Waals surface area contributed by atoms with Crippen LogP contribution >= 0.6 is 0 Å². The lowest BCUT2D eigenvalue weighted by molar-refractivity contribution is -0.163. The fourth-order valence-electron chi connectivity index (χ4n) is 8.58. The van der Waals surface area contributed by atoms with E-state index < -0.39 is 6.10 Å². The molecule has 0 rings (SSSR count). The van der Waals surface area contributed by atoms with E-state index in [1.54, 1.807) is 0 Å². The van der Waals surface area contributed by atoms with Crippen molar-refractivity contribution in [3.63, 3.8) is 0 Å². The molecule has 1 atom stereocenters. The van der Waals surface area contributed by atoms with Crippen molar-refractivity contribution >= 4 is 11.9 Å². The Balaban J connectivity index is 4.25. The summed E-state index contributed by atoms with van der Waals surface area (Å²) in [6.07, 6.45) is 71.5. The standard InChI is InChI=1S/C61H112O5/c1-4-7-10-13-16-19-22-25-28-30-31-33-34-36-39-42-45-48-51-54-60(62)65-58-59(57-64-56-53-50-47-44-41-38-27-24-21-18-15-12-9-6-3)66-61(63)55-52-49-46-43-40-37-35-32-29-26-23-20-17-14-11-8-5-2/h9,12,18,21,27,38,44,47,59H,4-8,10-11,13-17,19-20,22-26,28-37,39-43,45-46,48-58H2,1-3H3/b12-9-,21-18-,38-27-,47-44-. The van der Waals surface area contributed by atoms with Gasteiger partial charge in [-0.1, -0.05) is 288 Å². The van der Waals surface area contributed by atoms with Crippen molar-refractivity contribution < 1.29 is 23.8 Å². The highest BCUT2D eigenvalue weighted by Gasteiger charge is 2.17. The lowest BCUT2D eigenvalue weighted by Gasteiger charge is -2.18. The Hall–Kier alpha value is -2.14. The lowest BCUT2D eigenvalue weighted by atomic mass is 10.0. The zero-order valence-electron chi connectivity index (χ0n) is 44.5. The first kappa shape index (κ1) is 63.9. The summed E-state index contributed by atoms with van der Waals surface area (Å²) in [7, 11) is 0. The van der Waals surface area contributed by atoms with Gasteiger partial charge in [0.1, 0.15) is 6.61 Å². The number of ether oxygens (including phenoxy) is 3. The van der Waals surface area contributed by atoms with E-state index in [0.29, 0.717) is 19.4 Å². The van der Waals surface area contributed by atoms with Crippen LogP contribution in [0, 0.1) is 0 Å². The van der Waals surface area contributed by atoms with Crippen molar-refractivity contribution in [2.45, 2.75) is 309 Å². The van der Waals surface area contributed by atoms with Gasteiger partial charge in [-0.3, -0.25) is 9.59 Å². The molecule has 0 bridgehead atoms. The van der Waals surface area contributed by atoms with E-state index in [9.17, 15) is 9.59 Å². The molecule has 66 heavy (non-hydrogen) atoms. The SMILES string of the molecule is CC/C=C\C/C=C\C/C=C\C/C=C\CCCOCC(COC(=O)CCCCCCCCCCCCCCCCCCCCC)OC(=O)CCCCCCCCCCCCCCCCCCC. The summed E-state index contributed by atoms with van der Waals surface area (Å²) in [4.78, 5) is 25.5. The van der Waals surface area contributed by atoms with Crippen LogP contribution < -0.4 is 0 Å². The van der Waals surface area contributed by atoms with Gasteiger partial charge in [0.05, 0.1) is 6.61 Å². The van der Waals surface area contributed by atoms with Crippen LogP contribution in [0.1, 0.15) is 303 Å². The third-order valence-corrected chi connectivity index (χ3v) is 12.9. The van der Waals surface area contributed by atoms with Gasteiger partial charge in [-0.15, -0.1) is 0 Å². The molecule has 5 nitrogen and oxygen atoms in total. The van der Waals surface area contributed by atoms with Crippen LogP contribution in [0.2, 0.25) is 0 Å². The van der Waals surface area contributed by atoms with Crippen molar-refractivity contribution in [2.75, 3.05) is 19.8 Å². The Morgan fingerprint density at radius 1 is 0.348 bits per heavy atom. The Labute approximate surface area is 412 Å². The second kappa shape index (κ2) is 57.2. The molecule has 0 aromatic carbocycles. The summed E-state index contributed by atoms with van der Waals surface area (Å²) in [5.41, 5.74) is 0. The molecule has 5 heteroatoms. The number of hydrogen-bond donors (Lipinski definition) is 0. The molecule has 0 radical (unpaired) electrons. The predicted molar refractivity (Wildman–Crippen MR) is 288 cm³/mol. The van der Waals surface area contributed by atoms with Crippen molar-refractivity contribution in [1.29, 1.82) is 0 Å². The second-order valence-electron chi connectivity index (χ2n) is 19.5. The van der Waals surface area contributed by atoms with E-state index in [1.165, 1.54) is 205 Å². The molecule has 1 unspecified atom stereocenters. The monoisotopic (exact) mass is 925 g/mol. The van der Waals surface area contributed by atoms with Gasteiger partial charge >= 0.3 is 11.9 Å². The zero-order valence-corrected chi connectivity index (χ0v) is 44.5. The van der Waals surface area contributed by atoms with Gasteiger partial charge in [0.15, 0.2) is 6.10 Å². The molecule has 0 fully saturated rings. The number of hydrogen-bond acceptors (Lipinski definition) is 5. The summed E-state index contributed by atoms with van der Waals surface area (Å²) in [6.45, 7) is 7.64. The molecule has 0 heterocycles. The minimum Gasteiger partial charge on any atom is -0.462 e. The summed E-state index contributed by atoms with van der Waals surface area (Å²) < 4.78 is 17.4. The largest absolute Gasteiger partial charge is 0.462 e. The van der Waals surface area contributed by atoms with Crippen molar-refractivity contribution in [3.8, 4) is 0 Å². The van der Waals surface area contributed by atoms with Crippen LogP contribution in [0.15, 0.2) is 48.6 Å². The highest BCUT2D eigenvalue weighted by Crippen LogP contribution is 2.17. The first-order chi connectivity index (χ1) is 32.6. The smallest absolute Gasteiger partial charge is 0.306 e. The molecule has 0 amide bonds. The van der Waals surface area contributed by atoms with Gasteiger partial charge in [0.2, 0.25) is 0 Å². The highest BCUT2D eigenvalue weighted by atomic mass is 16.6. The summed E-state index contributed by atoms with van der Waals surface area (Å²) in [5.74, 6) is -0.408. The maximum Gasteiger partial charge on any atom is 0.306 e. The Morgan fingerprint density at radius 3 is 1.03 bits per heavy atom. The first-order valence-corrected chi connectivity index (χ1v) is 29.2. The summed E-state index contributed by atoms with van der Waals surface area (Å²) in [5, 5.41) is 0. The van der Waals surface area contributed by atoms with Gasteiger partial charge in [0, 0.05) is 19.4 Å². The number of unbranched alkanes of at least 4 members (excludes halogenated alkanes) is 35. The maximum atomic E-state index is 12.9. The van der Waals surface area contributed by atoms with Crippen LogP contribution in [-0.4, -0.2) is 37.9 Å². The van der Waals surface area contributed by atoms with E-state index in [1.807, 2.05) is 0 Å². The fraction of sp³-hybridized carbons (Fsp3) is 0.836. The van der Waals surface area contributed by atoms with E-state index in [0.717, 1.165) is 64.2 Å². The van der Waals surface area contributed by atoms with Gasteiger partial charge in [-0.2, -0.15) is 0 Å². The Kier molecular flexibility index (Phi) is 55.3. The van der Waals surface area contributed by atoms with Gasteiger partial charge in [-0.25, -0.2) is 0 Å². The zero-order chi connectivity index (χ0) is 47.7. The van der Waals surface area contributed by atoms with E-state index >= 15 is 0 Å². The minimum atomic E-state index is -0.560. The van der Waals surface area contributed by atoms with Crippen molar-refractivity contribution in [2.24, 2.45) is 0 Å². The molecule has 0 aliphatic carbocycles. The van der Waals surface area contributed by atoms with Gasteiger partial charge in [0.25, 0.3) is 0 Å². The molecule has 0 N–H and O–H groups in total. The Morgan fingerprint density at radius 2 is 0.667 bits per heavy atom. The summed E-state index contributed by atoms with van der Waals surface area (Å²) >= 11 is 0. The highest BCUT2D eigenvalue weighted by molar-refractivity contribution is 5.70. The van der Waals surface area contributed by atoms with Crippen LogP contribution in [0.4, 0.5) is 0 Å². The van der Waals surface area contributed by atoms with Crippen molar-refractivity contribution in [1.82, 2.24) is 0 Å². The molecular weight excluding hydrogens is 813 g/mol. The van der Waals surface area contributed by atoms with Crippen LogP contribution in [0.3, 0.4) is 0 Å². The van der Waals surface area contributed by atoms with E-state index in [4.69, 9.17) is 14.2 Å². The summed E-state index contributed by atoms with van der Waals surface area (Å²) in [6, 6.07) is 0. The third kappa shape index (κ3) is 54.5. The van der Waals surface area contributed by atoms with Crippen LogP contribution in [-0.2, 0) is 23.8 Å². The van der Waals surface area contributed by atoms with Crippen LogP contribution in [0.5, 0.6) is 0 Å². The molecule has 386 valence electrons. The molecule has 0 aromatic heterocycles. The van der Waals surface area contributed by atoms with E-state index in [2.05, 4.69) is 69.4 Å². The number of carbonyl (C=O) groups excluding carboxylic acids is 2. The molecule has 0 saturated carbocycles. The molecule has 0 aromatic rings. The van der Waals surface area contributed by atoms with Crippen molar-refractivity contribution in [3.05, 3.63) is 48.6 Å². The van der Waals surface area contributed by atoms with E-state index in [-0.39, 0.29) is 25.2 Å². The van der Waals surface area contributed by atoms with Gasteiger partial charge < -0.3 is 14.2 Å². The first-order valence-electron chi connectivity index (χ1n) is 29.2. The molecule has 0 saturated heterocycles. The lowest BCUT2D eigenvalue weighted by Crippen LogP contribution is -2.30. The normalized spacial score (nSPS) is 12.5. The minimum absolute atomic E-state index is 0.0691. The molecule has 0 aliphatic rings. The number of esters is 2. The Bertz CT molecular complexity index is 1090. The molecule has 0 aliphatic heterocycles. The van der Waals surface area contributed by atoms with Crippen LogP contribution in [0.25, 0.3) is 0 Å². The molecular formula is C61H112O5. The second-order valence-corrected chi connectivity index (χ2v) is 19.5. The molecule has 0 spiro atoms. The van der Waals surface area contributed by atoms with Gasteiger partial charge in [-0.05, 0) is 51.4 Å². The predicted octanol–water partition coefficient (Wildman–Crippen LogP) is 19.9. The number of carbonyl (C=O) groups is 2. The fourth-order valence-corrected chi connectivity index (χ4v) is 8.58. The average molecular weight is 926 g/mol. The maximum absolute atomic E-state index is 12.9. The topological polar surface area (TPSA) is 61.8 Å². The number of allylic oxidation sites excluding steroid dienone is 8. The third-order valence-electron chi connectivity index (χ3n) is 12.9. The number of rotatable bonds is 54. The average Bonchev–Trinajstić information content (AvgIpc) is 3.32.